The lowest BCUT2D eigenvalue weighted by molar-refractivity contribution is -0.137. The van der Waals surface area contributed by atoms with Crippen molar-refractivity contribution in [3.05, 3.63) is 40.8 Å². The Hall–Kier alpha value is -1.53. The molecule has 102 valence electrons. The number of nitrogens with zero attached hydrogens (tertiary/aromatic N) is 1. The summed E-state index contributed by atoms with van der Waals surface area (Å²) >= 11 is 2.64. The summed E-state index contributed by atoms with van der Waals surface area (Å²) in [6.07, 6.45) is 2.49. The molecule has 1 fully saturated rings. The third-order valence-electron chi connectivity index (χ3n) is 2.83. The van der Waals surface area contributed by atoms with E-state index in [0.29, 0.717) is 22.3 Å². The summed E-state index contributed by atoms with van der Waals surface area (Å²) in [4.78, 5) is 27.8. The highest BCUT2D eigenvalue weighted by Gasteiger charge is 2.32. The molecule has 2 aliphatic rings. The molecule has 1 aromatic carbocycles. The molecule has 1 amide bonds. The van der Waals surface area contributed by atoms with Crippen LogP contribution < -0.4 is 0 Å². The minimum absolute atomic E-state index is 0.216. The molecule has 0 saturated carbocycles. The Morgan fingerprint density at radius 1 is 1.30 bits per heavy atom. The number of amides is 1. The van der Waals surface area contributed by atoms with Crippen molar-refractivity contribution < 1.29 is 14.3 Å². The van der Waals surface area contributed by atoms with E-state index >= 15 is 0 Å². The number of thioether (sulfide) groups is 2. The predicted octanol–water partition coefficient (Wildman–Crippen LogP) is 2.71. The van der Waals surface area contributed by atoms with Gasteiger partial charge in [-0.15, -0.1) is 0 Å². The Morgan fingerprint density at radius 2 is 2.10 bits per heavy atom. The van der Waals surface area contributed by atoms with Gasteiger partial charge < -0.3 is 4.74 Å². The highest BCUT2D eigenvalue weighted by molar-refractivity contribution is 8.41. The Kier molecular flexibility index (Phi) is 3.93. The van der Waals surface area contributed by atoms with Gasteiger partial charge in [0.05, 0.1) is 11.5 Å². The number of carbonyl (C=O) groups is 2. The highest BCUT2D eigenvalue weighted by atomic mass is 32.2. The van der Waals surface area contributed by atoms with Crippen LogP contribution >= 0.6 is 23.5 Å². The predicted molar refractivity (Wildman–Crippen MR) is 81.4 cm³/mol. The van der Waals surface area contributed by atoms with E-state index < -0.39 is 0 Å². The largest absolute Gasteiger partial charge is 0.465 e. The summed E-state index contributed by atoms with van der Waals surface area (Å²) in [6.45, 7) is 0.453. The molecule has 0 aromatic heterocycles. The van der Waals surface area contributed by atoms with Crippen molar-refractivity contribution in [1.82, 2.24) is 0 Å². The fraction of sp³-hybridized carbons (Fsp3) is 0.214. The number of hydrogen-bond donors (Lipinski definition) is 0. The van der Waals surface area contributed by atoms with Crippen molar-refractivity contribution >= 4 is 45.9 Å². The van der Waals surface area contributed by atoms with E-state index in [4.69, 9.17) is 4.74 Å². The SMILES string of the molecule is O=C1N=C(SC2CCOC2=O)S/C1=C/c1ccccc1. The average molecular weight is 305 g/mol. The van der Waals surface area contributed by atoms with Crippen LogP contribution in [0.1, 0.15) is 12.0 Å². The van der Waals surface area contributed by atoms with Gasteiger partial charge >= 0.3 is 5.97 Å². The van der Waals surface area contributed by atoms with Crippen LogP contribution in [-0.4, -0.2) is 28.1 Å². The van der Waals surface area contributed by atoms with Crippen molar-refractivity contribution in [1.29, 1.82) is 0 Å². The normalized spacial score (nSPS) is 24.1. The number of hydrogen-bond acceptors (Lipinski definition) is 5. The van der Waals surface area contributed by atoms with Gasteiger partial charge in [-0.3, -0.25) is 9.59 Å². The van der Waals surface area contributed by atoms with Crippen LogP contribution in [0.2, 0.25) is 0 Å². The van der Waals surface area contributed by atoms with Gasteiger partial charge in [0.25, 0.3) is 5.91 Å². The topological polar surface area (TPSA) is 55.7 Å². The van der Waals surface area contributed by atoms with Crippen molar-refractivity contribution in [2.24, 2.45) is 4.99 Å². The molecule has 0 radical (unpaired) electrons. The lowest BCUT2D eigenvalue weighted by Crippen LogP contribution is -2.10. The molecule has 0 N–H and O–H groups in total. The Labute approximate surface area is 124 Å². The fourth-order valence-electron chi connectivity index (χ4n) is 1.85. The maximum absolute atomic E-state index is 11.8. The molecule has 20 heavy (non-hydrogen) atoms. The lowest BCUT2D eigenvalue weighted by Gasteiger charge is -2.02. The number of benzene rings is 1. The van der Waals surface area contributed by atoms with E-state index in [-0.39, 0.29) is 17.1 Å². The first-order valence-corrected chi connectivity index (χ1v) is 7.83. The van der Waals surface area contributed by atoms with E-state index in [2.05, 4.69) is 4.99 Å². The number of rotatable bonds is 2. The Balaban J connectivity index is 1.69. The van der Waals surface area contributed by atoms with Crippen LogP contribution in [0.5, 0.6) is 0 Å². The molecule has 2 aliphatic heterocycles. The molecule has 6 heteroatoms. The standard InChI is InChI=1S/C14H11NO3S2/c16-12-11(8-9-4-2-1-3-5-9)20-14(15-12)19-10-6-7-18-13(10)17/h1-5,8,10H,6-7H2/b11-8+. The minimum atomic E-state index is -0.243. The first-order valence-electron chi connectivity index (χ1n) is 6.13. The van der Waals surface area contributed by atoms with Crippen LogP contribution in [0.25, 0.3) is 6.08 Å². The van der Waals surface area contributed by atoms with Gasteiger partial charge in [-0.2, -0.15) is 4.99 Å². The second kappa shape index (κ2) is 5.85. The number of ether oxygens (including phenoxy) is 1. The van der Waals surface area contributed by atoms with Crippen LogP contribution in [0.15, 0.2) is 40.2 Å². The molecular weight excluding hydrogens is 294 g/mol. The van der Waals surface area contributed by atoms with Gasteiger partial charge in [-0.05, 0) is 11.6 Å². The first-order chi connectivity index (χ1) is 9.72. The third kappa shape index (κ3) is 2.96. The van der Waals surface area contributed by atoms with E-state index in [9.17, 15) is 9.59 Å². The van der Waals surface area contributed by atoms with Gasteiger partial charge in [0, 0.05) is 6.42 Å². The van der Waals surface area contributed by atoms with Gasteiger partial charge in [-0.1, -0.05) is 53.9 Å². The lowest BCUT2D eigenvalue weighted by atomic mass is 10.2. The third-order valence-corrected chi connectivity index (χ3v) is 5.15. The van der Waals surface area contributed by atoms with Gasteiger partial charge in [-0.25, -0.2) is 0 Å². The number of aliphatic imine (C=N–C) groups is 1. The van der Waals surface area contributed by atoms with E-state index in [1.54, 1.807) is 0 Å². The molecule has 1 atom stereocenters. The van der Waals surface area contributed by atoms with Crippen molar-refractivity contribution in [2.45, 2.75) is 11.7 Å². The summed E-state index contributed by atoms with van der Waals surface area (Å²) in [7, 11) is 0. The zero-order valence-corrected chi connectivity index (χ0v) is 12.1. The molecule has 4 nitrogen and oxygen atoms in total. The summed E-state index contributed by atoms with van der Waals surface area (Å²) < 4.78 is 5.53. The summed E-state index contributed by atoms with van der Waals surface area (Å²) in [5, 5.41) is -0.231. The van der Waals surface area contributed by atoms with Crippen LogP contribution in [0.4, 0.5) is 0 Å². The van der Waals surface area contributed by atoms with Crippen molar-refractivity contribution in [3.8, 4) is 0 Å². The molecule has 0 bridgehead atoms. The zero-order valence-electron chi connectivity index (χ0n) is 10.4. The maximum Gasteiger partial charge on any atom is 0.319 e. The molecular formula is C14H11NO3S2. The number of carbonyl (C=O) groups excluding carboxylic acids is 2. The van der Waals surface area contributed by atoms with Gasteiger partial charge in [0.15, 0.2) is 0 Å². The summed E-state index contributed by atoms with van der Waals surface area (Å²) in [5.41, 5.74) is 0.963. The van der Waals surface area contributed by atoms with E-state index in [1.807, 2.05) is 36.4 Å². The van der Waals surface area contributed by atoms with Gasteiger partial charge in [0.2, 0.25) is 0 Å². The molecule has 1 saturated heterocycles. The first kappa shape index (κ1) is 13.5. The summed E-state index contributed by atoms with van der Waals surface area (Å²) in [6, 6.07) is 9.62. The zero-order chi connectivity index (χ0) is 13.9. The summed E-state index contributed by atoms with van der Waals surface area (Å²) in [5.74, 6) is -0.459. The Morgan fingerprint density at radius 3 is 2.80 bits per heavy atom. The monoisotopic (exact) mass is 305 g/mol. The molecule has 3 rings (SSSR count). The Bertz CT molecular complexity index is 610. The number of esters is 1. The van der Waals surface area contributed by atoms with E-state index in [1.165, 1.54) is 23.5 Å². The van der Waals surface area contributed by atoms with Crippen LogP contribution in [-0.2, 0) is 14.3 Å². The maximum atomic E-state index is 11.8. The molecule has 0 spiro atoms. The van der Waals surface area contributed by atoms with Crippen molar-refractivity contribution in [3.63, 3.8) is 0 Å². The molecule has 1 unspecified atom stereocenters. The second-order valence-corrected chi connectivity index (χ2v) is 6.75. The number of cyclic esters (lactones) is 1. The van der Waals surface area contributed by atoms with Crippen molar-refractivity contribution in [2.75, 3.05) is 6.61 Å². The average Bonchev–Trinajstić information content (AvgIpc) is 2.99. The second-order valence-electron chi connectivity index (χ2n) is 4.27. The quantitative estimate of drug-likeness (QED) is 0.621. The molecule has 2 heterocycles. The highest BCUT2D eigenvalue weighted by Crippen LogP contribution is 2.37. The molecule has 0 aliphatic carbocycles. The van der Waals surface area contributed by atoms with Crippen LogP contribution in [0.3, 0.4) is 0 Å². The smallest absolute Gasteiger partial charge is 0.319 e. The van der Waals surface area contributed by atoms with Crippen LogP contribution in [0, 0.1) is 0 Å². The molecule has 1 aromatic rings. The fourth-order valence-corrected chi connectivity index (χ4v) is 4.06. The van der Waals surface area contributed by atoms with E-state index in [0.717, 1.165) is 5.56 Å². The minimum Gasteiger partial charge on any atom is -0.465 e. The van der Waals surface area contributed by atoms with Gasteiger partial charge in [0.1, 0.15) is 9.63 Å².